The summed E-state index contributed by atoms with van der Waals surface area (Å²) in [5, 5.41) is -4.89. The van der Waals surface area contributed by atoms with Crippen molar-refractivity contribution >= 4 is 23.8 Å². The van der Waals surface area contributed by atoms with Crippen molar-refractivity contribution in [3.8, 4) is 11.5 Å². The van der Waals surface area contributed by atoms with Crippen LogP contribution in [0.5, 0.6) is 11.5 Å². The molecule has 0 aromatic heterocycles. The smallest absolute Gasteiger partial charge is 0.457 e. The van der Waals surface area contributed by atoms with E-state index in [0.29, 0.717) is 5.75 Å². The molecule has 0 atom stereocenters. The SMILES string of the molecule is CCN(C)/C=N\c1cc(C)c(Oc2cccc(SC(F)(F)C(F)(F)F)c2)cc1C. The molecule has 2 rings (SSSR count). The number of aliphatic imine (C=N–C) groups is 1. The molecule has 0 bridgehead atoms. The van der Waals surface area contributed by atoms with Crippen LogP contribution < -0.4 is 4.74 Å². The number of ether oxygens (including phenoxy) is 1. The summed E-state index contributed by atoms with van der Waals surface area (Å²) in [6, 6.07) is 8.76. The van der Waals surface area contributed by atoms with Gasteiger partial charge in [0.15, 0.2) is 0 Å². The monoisotopic (exact) mass is 432 g/mol. The summed E-state index contributed by atoms with van der Waals surface area (Å²) in [5.41, 5.74) is 2.34. The van der Waals surface area contributed by atoms with Crippen LogP contribution in [-0.4, -0.2) is 36.3 Å². The van der Waals surface area contributed by atoms with Gasteiger partial charge in [0.25, 0.3) is 0 Å². The fourth-order valence-electron chi connectivity index (χ4n) is 2.20. The molecule has 0 N–H and O–H groups in total. The number of benzene rings is 2. The van der Waals surface area contributed by atoms with Gasteiger partial charge < -0.3 is 9.64 Å². The van der Waals surface area contributed by atoms with Crippen molar-refractivity contribution in [2.45, 2.75) is 37.1 Å². The molecule has 158 valence electrons. The summed E-state index contributed by atoms with van der Waals surface area (Å²) in [6.07, 6.45) is -3.92. The topological polar surface area (TPSA) is 24.8 Å². The third-order valence-corrected chi connectivity index (χ3v) is 4.97. The van der Waals surface area contributed by atoms with Crippen molar-refractivity contribution < 1.29 is 26.7 Å². The van der Waals surface area contributed by atoms with Crippen molar-refractivity contribution in [3.63, 3.8) is 0 Å². The molecule has 29 heavy (non-hydrogen) atoms. The summed E-state index contributed by atoms with van der Waals surface area (Å²) in [6.45, 7) is 6.46. The number of hydrogen-bond donors (Lipinski definition) is 0. The van der Waals surface area contributed by atoms with E-state index in [2.05, 4.69) is 4.99 Å². The molecule has 0 amide bonds. The van der Waals surface area contributed by atoms with Crippen molar-refractivity contribution in [2.24, 2.45) is 4.99 Å². The number of nitrogens with zero attached hydrogens (tertiary/aromatic N) is 2. The van der Waals surface area contributed by atoms with E-state index in [9.17, 15) is 22.0 Å². The molecular formula is C20H21F5N2OS. The average molecular weight is 432 g/mol. The van der Waals surface area contributed by atoms with Crippen LogP contribution in [0.2, 0.25) is 0 Å². The Hall–Kier alpha value is -2.29. The Kier molecular flexibility index (Phi) is 7.15. The third kappa shape index (κ3) is 6.09. The summed E-state index contributed by atoms with van der Waals surface area (Å²) < 4.78 is 69.5. The average Bonchev–Trinajstić information content (AvgIpc) is 2.62. The molecule has 9 heteroatoms. The maximum absolute atomic E-state index is 13.3. The first-order chi connectivity index (χ1) is 13.4. The maximum atomic E-state index is 13.3. The number of aryl methyl sites for hydroxylation is 2. The molecule has 0 spiro atoms. The Morgan fingerprint density at radius 1 is 1.07 bits per heavy atom. The van der Waals surface area contributed by atoms with E-state index in [1.165, 1.54) is 18.2 Å². The normalized spacial score (nSPS) is 12.4. The second kappa shape index (κ2) is 9.02. The van der Waals surface area contributed by atoms with Crippen LogP contribution in [0.15, 0.2) is 46.3 Å². The van der Waals surface area contributed by atoms with E-state index < -0.39 is 23.2 Å². The Balaban J connectivity index is 2.22. The quantitative estimate of drug-likeness (QED) is 0.205. The predicted octanol–water partition coefficient (Wildman–Crippen LogP) is 6.95. The van der Waals surface area contributed by atoms with Crippen LogP contribution >= 0.6 is 11.8 Å². The van der Waals surface area contributed by atoms with Gasteiger partial charge in [-0.3, -0.25) is 0 Å². The van der Waals surface area contributed by atoms with Gasteiger partial charge in [0.05, 0.1) is 12.0 Å². The number of halogens is 5. The van der Waals surface area contributed by atoms with Crippen LogP contribution in [0.3, 0.4) is 0 Å². The largest absolute Gasteiger partial charge is 0.464 e. The molecule has 0 saturated carbocycles. The number of thioether (sulfide) groups is 1. The molecule has 0 saturated heterocycles. The zero-order valence-electron chi connectivity index (χ0n) is 16.3. The molecule has 0 heterocycles. The van der Waals surface area contributed by atoms with Crippen LogP contribution in [0.25, 0.3) is 0 Å². The first kappa shape index (κ1) is 23.0. The molecule has 0 aliphatic heterocycles. The van der Waals surface area contributed by atoms with Gasteiger partial charge in [-0.05, 0) is 74.0 Å². The van der Waals surface area contributed by atoms with E-state index in [1.54, 1.807) is 19.3 Å². The molecule has 0 unspecified atom stereocenters. The lowest BCUT2D eigenvalue weighted by molar-refractivity contribution is -0.237. The van der Waals surface area contributed by atoms with Crippen molar-refractivity contribution in [3.05, 3.63) is 47.5 Å². The van der Waals surface area contributed by atoms with E-state index in [1.807, 2.05) is 31.9 Å². The Morgan fingerprint density at radius 3 is 2.38 bits per heavy atom. The van der Waals surface area contributed by atoms with Crippen LogP contribution in [0, 0.1) is 13.8 Å². The summed E-state index contributed by atoms with van der Waals surface area (Å²) >= 11 is -0.563. The van der Waals surface area contributed by atoms with E-state index in [4.69, 9.17) is 4.74 Å². The first-order valence-corrected chi connectivity index (χ1v) is 9.51. The lowest BCUT2D eigenvalue weighted by Crippen LogP contribution is -2.32. The van der Waals surface area contributed by atoms with E-state index >= 15 is 0 Å². The zero-order valence-corrected chi connectivity index (χ0v) is 17.2. The van der Waals surface area contributed by atoms with Gasteiger partial charge in [-0.1, -0.05) is 6.07 Å². The molecule has 0 fully saturated rings. The summed E-state index contributed by atoms with van der Waals surface area (Å²) in [7, 11) is 1.90. The van der Waals surface area contributed by atoms with Crippen LogP contribution in [0.4, 0.5) is 27.6 Å². The second-order valence-electron chi connectivity index (χ2n) is 6.42. The fraction of sp³-hybridized carbons (Fsp3) is 0.350. The maximum Gasteiger partial charge on any atom is 0.464 e. The first-order valence-electron chi connectivity index (χ1n) is 8.70. The highest BCUT2D eigenvalue weighted by atomic mass is 32.2. The third-order valence-electron chi connectivity index (χ3n) is 4.00. The fourth-order valence-corrected chi connectivity index (χ4v) is 2.93. The second-order valence-corrected chi connectivity index (χ2v) is 7.60. The van der Waals surface area contributed by atoms with Gasteiger partial charge >= 0.3 is 11.4 Å². The number of hydrogen-bond acceptors (Lipinski definition) is 3. The minimum absolute atomic E-state index is 0.164. The molecule has 2 aromatic rings. The van der Waals surface area contributed by atoms with Crippen LogP contribution in [-0.2, 0) is 0 Å². The van der Waals surface area contributed by atoms with Gasteiger partial charge in [0.2, 0.25) is 0 Å². The minimum atomic E-state index is -5.63. The van der Waals surface area contributed by atoms with Crippen molar-refractivity contribution in [1.82, 2.24) is 4.90 Å². The van der Waals surface area contributed by atoms with Gasteiger partial charge in [-0.2, -0.15) is 22.0 Å². The van der Waals surface area contributed by atoms with E-state index in [-0.39, 0.29) is 10.6 Å². The van der Waals surface area contributed by atoms with Gasteiger partial charge in [-0.15, -0.1) is 0 Å². The zero-order chi connectivity index (χ0) is 21.8. The van der Waals surface area contributed by atoms with E-state index in [0.717, 1.165) is 29.4 Å². The molecular weight excluding hydrogens is 411 g/mol. The van der Waals surface area contributed by atoms with Gasteiger partial charge in [-0.25, -0.2) is 4.99 Å². The highest BCUT2D eigenvalue weighted by Crippen LogP contribution is 2.48. The summed E-state index contributed by atoms with van der Waals surface area (Å²) in [5.74, 6) is 0.632. The lowest BCUT2D eigenvalue weighted by atomic mass is 10.1. The molecule has 0 aliphatic carbocycles. The van der Waals surface area contributed by atoms with Gasteiger partial charge in [0.1, 0.15) is 11.5 Å². The Labute approximate surface area is 170 Å². The molecule has 3 nitrogen and oxygen atoms in total. The highest BCUT2D eigenvalue weighted by molar-refractivity contribution is 8.00. The molecule has 0 aliphatic rings. The van der Waals surface area contributed by atoms with Gasteiger partial charge in [0, 0.05) is 18.5 Å². The highest BCUT2D eigenvalue weighted by Gasteiger charge is 2.58. The molecule has 0 radical (unpaired) electrons. The Bertz CT molecular complexity index is 884. The molecule has 2 aromatic carbocycles. The Morgan fingerprint density at radius 2 is 1.76 bits per heavy atom. The predicted molar refractivity (Wildman–Crippen MR) is 106 cm³/mol. The number of alkyl halides is 5. The van der Waals surface area contributed by atoms with Crippen molar-refractivity contribution in [2.75, 3.05) is 13.6 Å². The minimum Gasteiger partial charge on any atom is -0.457 e. The summed E-state index contributed by atoms with van der Waals surface area (Å²) in [4.78, 5) is 6.08. The standard InChI is InChI=1S/C20H21F5N2OS/c1-5-27(4)12-26-17-9-14(3)18(10-13(17)2)28-15-7-6-8-16(11-15)29-20(24,25)19(21,22)23/h6-12H,5H2,1-4H3/b26-12-. The van der Waals surface area contributed by atoms with Crippen LogP contribution in [0.1, 0.15) is 18.1 Å². The lowest BCUT2D eigenvalue weighted by Gasteiger charge is -2.19. The number of rotatable bonds is 7. The van der Waals surface area contributed by atoms with Crippen molar-refractivity contribution in [1.29, 1.82) is 0 Å².